The fourth-order valence-corrected chi connectivity index (χ4v) is 5.72. The summed E-state index contributed by atoms with van der Waals surface area (Å²) >= 11 is 1.55. The van der Waals surface area contributed by atoms with Gasteiger partial charge < -0.3 is 20.4 Å². The van der Waals surface area contributed by atoms with Gasteiger partial charge in [0.05, 0.1) is 18.0 Å². The van der Waals surface area contributed by atoms with Crippen LogP contribution in [0.2, 0.25) is 0 Å². The zero-order valence-corrected chi connectivity index (χ0v) is 21.1. The molecule has 2 aliphatic heterocycles. The van der Waals surface area contributed by atoms with Crippen LogP contribution in [0, 0.1) is 6.92 Å². The number of hydrogen-bond donors (Lipinski definition) is 2. The highest BCUT2D eigenvalue weighted by Crippen LogP contribution is 2.38. The highest BCUT2D eigenvalue weighted by atomic mass is 32.2. The summed E-state index contributed by atoms with van der Waals surface area (Å²) in [6, 6.07) is 14.6. The number of nitrogens with zero attached hydrogens (tertiary/aromatic N) is 2. The van der Waals surface area contributed by atoms with E-state index in [1.807, 2.05) is 23.1 Å². The highest BCUT2D eigenvalue weighted by Gasteiger charge is 2.25. The molecule has 0 bridgehead atoms. The Bertz CT molecular complexity index is 995. The number of aryl methyl sites for hydroxylation is 1. The molecule has 2 aromatic carbocycles. The van der Waals surface area contributed by atoms with Crippen molar-refractivity contribution in [1.82, 2.24) is 10.2 Å². The predicted octanol–water partition coefficient (Wildman–Crippen LogP) is 5.41. The van der Waals surface area contributed by atoms with Gasteiger partial charge in [0.1, 0.15) is 0 Å². The number of rotatable bonds is 8. The molecule has 4 rings (SSSR count). The maximum atomic E-state index is 12.7. The maximum Gasteiger partial charge on any atom is 0.319 e. The van der Waals surface area contributed by atoms with E-state index in [4.69, 9.17) is 0 Å². The minimum Gasteiger partial charge on any atom is -0.338 e. The van der Waals surface area contributed by atoms with Gasteiger partial charge in [0.25, 0.3) is 0 Å². The van der Waals surface area contributed by atoms with Crippen LogP contribution in [0.1, 0.15) is 50.2 Å². The second-order valence-electron chi connectivity index (χ2n) is 9.26. The third kappa shape index (κ3) is 6.33. The fourth-order valence-electron chi connectivity index (χ4n) is 4.81. The first kappa shape index (κ1) is 24.6. The average Bonchev–Trinajstić information content (AvgIpc) is 2.85. The Kier molecular flexibility index (Phi) is 8.51. The Morgan fingerprint density at radius 3 is 2.76 bits per heavy atom. The molecule has 0 saturated carbocycles. The summed E-state index contributed by atoms with van der Waals surface area (Å²) in [6.45, 7) is 7.71. The van der Waals surface area contributed by atoms with Gasteiger partial charge >= 0.3 is 6.03 Å². The maximum absolute atomic E-state index is 12.7. The van der Waals surface area contributed by atoms with Crippen molar-refractivity contribution >= 4 is 35.1 Å². The van der Waals surface area contributed by atoms with E-state index in [0.717, 1.165) is 29.1 Å². The van der Waals surface area contributed by atoms with E-state index in [1.54, 1.807) is 11.8 Å². The number of fused-ring (bicyclic) bond motifs is 1. The Labute approximate surface area is 207 Å². The van der Waals surface area contributed by atoms with Gasteiger partial charge in [0, 0.05) is 29.7 Å². The molecule has 182 valence electrons. The number of hydrogen-bond acceptors (Lipinski definition) is 4. The molecule has 2 heterocycles. The molecule has 0 unspecified atom stereocenters. The van der Waals surface area contributed by atoms with Gasteiger partial charge in [-0.15, -0.1) is 11.8 Å². The summed E-state index contributed by atoms with van der Waals surface area (Å²) in [5, 5.41) is 5.93. The van der Waals surface area contributed by atoms with E-state index in [-0.39, 0.29) is 11.9 Å². The molecule has 2 aromatic rings. The molecule has 1 atom stereocenters. The van der Waals surface area contributed by atoms with Crippen LogP contribution in [-0.4, -0.2) is 48.3 Å². The molecule has 0 aliphatic carbocycles. The van der Waals surface area contributed by atoms with Crippen LogP contribution in [0.25, 0.3) is 0 Å². The van der Waals surface area contributed by atoms with Crippen LogP contribution in [0.4, 0.5) is 16.2 Å². The number of anilines is 2. The Morgan fingerprint density at radius 2 is 1.97 bits per heavy atom. The Balaban J connectivity index is 1.32. The standard InChI is InChI=1S/C27H36N4O2S/c1-3-23-7-4-5-15-30(23)16-6-14-28-27(33)29-22-12-13-25-24(17-22)31(26(32)19-34-25)18-21-10-8-20(2)9-11-21/h8-13,17,23H,3-7,14-16,18-19H2,1-2H3,(H2,28,29,33)/t23-/m0/s1. The van der Waals surface area contributed by atoms with E-state index < -0.39 is 0 Å². The average molecular weight is 481 g/mol. The third-order valence-electron chi connectivity index (χ3n) is 6.75. The normalized spacial score (nSPS) is 18.5. The van der Waals surface area contributed by atoms with E-state index in [9.17, 15) is 9.59 Å². The van der Waals surface area contributed by atoms with Crippen molar-refractivity contribution in [2.24, 2.45) is 0 Å². The lowest BCUT2D eigenvalue weighted by molar-refractivity contribution is -0.116. The van der Waals surface area contributed by atoms with Crippen molar-refractivity contribution in [1.29, 1.82) is 0 Å². The molecule has 0 radical (unpaired) electrons. The number of amides is 3. The van der Waals surface area contributed by atoms with E-state index in [0.29, 0.717) is 30.6 Å². The van der Waals surface area contributed by atoms with Gasteiger partial charge in [-0.05, 0) is 62.9 Å². The number of urea groups is 1. The number of thioether (sulfide) groups is 1. The molecule has 2 N–H and O–H groups in total. The quantitative estimate of drug-likeness (QED) is 0.496. The van der Waals surface area contributed by atoms with Gasteiger partial charge in [-0.2, -0.15) is 0 Å². The van der Waals surface area contributed by atoms with Crippen LogP contribution < -0.4 is 15.5 Å². The molecule has 7 heteroatoms. The van der Waals surface area contributed by atoms with Crippen LogP contribution in [0.15, 0.2) is 47.4 Å². The molecular formula is C27H36N4O2S. The molecule has 1 saturated heterocycles. The fraction of sp³-hybridized carbons (Fsp3) is 0.481. The first-order valence-electron chi connectivity index (χ1n) is 12.4. The zero-order chi connectivity index (χ0) is 23.9. The van der Waals surface area contributed by atoms with E-state index >= 15 is 0 Å². The van der Waals surface area contributed by atoms with Crippen LogP contribution in [0.5, 0.6) is 0 Å². The summed E-state index contributed by atoms with van der Waals surface area (Å²) in [5.74, 6) is 0.518. The molecule has 3 amide bonds. The largest absolute Gasteiger partial charge is 0.338 e. The minimum absolute atomic E-state index is 0.0859. The molecule has 1 fully saturated rings. The number of carbonyl (C=O) groups is 2. The van der Waals surface area contributed by atoms with Crippen LogP contribution in [-0.2, 0) is 11.3 Å². The number of piperidine rings is 1. The van der Waals surface area contributed by atoms with E-state index in [2.05, 4.69) is 53.6 Å². The first-order valence-corrected chi connectivity index (χ1v) is 13.4. The van der Waals surface area contributed by atoms with Crippen molar-refractivity contribution < 1.29 is 9.59 Å². The smallest absolute Gasteiger partial charge is 0.319 e. The summed E-state index contributed by atoms with van der Waals surface area (Å²) in [6.07, 6.45) is 6.06. The van der Waals surface area contributed by atoms with Crippen LogP contribution >= 0.6 is 11.8 Å². The van der Waals surface area contributed by atoms with Crippen LogP contribution in [0.3, 0.4) is 0 Å². The lowest BCUT2D eigenvalue weighted by Crippen LogP contribution is -2.41. The molecule has 2 aliphatic rings. The predicted molar refractivity (Wildman–Crippen MR) is 141 cm³/mol. The van der Waals surface area contributed by atoms with Gasteiger partial charge in [-0.25, -0.2) is 4.79 Å². The van der Waals surface area contributed by atoms with Crippen molar-refractivity contribution in [3.05, 3.63) is 53.6 Å². The van der Waals surface area contributed by atoms with Crippen molar-refractivity contribution in [3.8, 4) is 0 Å². The lowest BCUT2D eigenvalue weighted by atomic mass is 10.00. The molecule has 34 heavy (non-hydrogen) atoms. The minimum atomic E-state index is -0.203. The van der Waals surface area contributed by atoms with Crippen molar-refractivity contribution in [2.75, 3.05) is 35.6 Å². The van der Waals surface area contributed by atoms with Gasteiger partial charge in [0.15, 0.2) is 0 Å². The SMILES string of the molecule is CC[C@H]1CCCCN1CCCNC(=O)Nc1ccc2c(c1)N(Cc1ccc(C)cc1)C(=O)CS2. The monoisotopic (exact) mass is 480 g/mol. The van der Waals surface area contributed by atoms with E-state index in [1.165, 1.54) is 37.8 Å². The number of nitrogens with one attached hydrogen (secondary N) is 2. The van der Waals surface area contributed by atoms with Gasteiger partial charge in [-0.3, -0.25) is 4.79 Å². The van der Waals surface area contributed by atoms with Gasteiger partial charge in [-0.1, -0.05) is 43.2 Å². The second kappa shape index (κ2) is 11.8. The first-order chi connectivity index (χ1) is 16.5. The third-order valence-corrected chi connectivity index (χ3v) is 7.80. The van der Waals surface area contributed by atoms with Crippen molar-refractivity contribution in [2.45, 2.75) is 63.4 Å². The van der Waals surface area contributed by atoms with Gasteiger partial charge in [0.2, 0.25) is 5.91 Å². The summed E-state index contributed by atoms with van der Waals surface area (Å²) in [7, 11) is 0. The molecular weight excluding hydrogens is 444 g/mol. The Hall–Kier alpha value is -2.51. The Morgan fingerprint density at radius 1 is 1.15 bits per heavy atom. The highest BCUT2D eigenvalue weighted by molar-refractivity contribution is 8.00. The second-order valence-corrected chi connectivity index (χ2v) is 10.3. The number of benzene rings is 2. The lowest BCUT2D eigenvalue weighted by Gasteiger charge is -2.35. The summed E-state index contributed by atoms with van der Waals surface area (Å²) < 4.78 is 0. The molecule has 6 nitrogen and oxygen atoms in total. The number of carbonyl (C=O) groups excluding carboxylic acids is 2. The molecule has 0 spiro atoms. The molecule has 0 aromatic heterocycles. The zero-order valence-electron chi connectivity index (χ0n) is 20.3. The van der Waals surface area contributed by atoms with Crippen molar-refractivity contribution in [3.63, 3.8) is 0 Å². The summed E-state index contributed by atoms with van der Waals surface area (Å²) in [5.41, 5.74) is 3.84. The number of likely N-dealkylation sites (tertiary alicyclic amines) is 1. The topological polar surface area (TPSA) is 64.7 Å². The summed E-state index contributed by atoms with van der Waals surface area (Å²) in [4.78, 5) is 30.7.